The largest absolute Gasteiger partial charge is 0.497 e. The number of carbonyl (C=O) groups excluding carboxylic acids is 2. The number of methoxy groups -OCH3 is 1. The van der Waals surface area contributed by atoms with Crippen molar-refractivity contribution in [1.82, 2.24) is 5.32 Å². The molecule has 2 aromatic rings. The molecule has 0 bridgehead atoms. The van der Waals surface area contributed by atoms with Crippen molar-refractivity contribution in [2.45, 2.75) is 18.6 Å². The van der Waals surface area contributed by atoms with Crippen molar-refractivity contribution in [3.8, 4) is 5.75 Å². The van der Waals surface area contributed by atoms with Crippen LogP contribution in [0.2, 0.25) is 5.02 Å². The Morgan fingerprint density at radius 3 is 2.55 bits per heavy atom. The monoisotopic (exact) mass is 430 g/mol. The van der Waals surface area contributed by atoms with Crippen LogP contribution in [0.1, 0.15) is 18.9 Å². The molecule has 1 fully saturated rings. The second-order valence-electron chi connectivity index (χ2n) is 6.17. The number of carbonyl (C=O) groups is 2. The summed E-state index contributed by atoms with van der Waals surface area (Å²) in [6.07, 6.45) is 0.0611. The van der Waals surface area contributed by atoms with E-state index in [4.69, 9.17) is 16.3 Å². The van der Waals surface area contributed by atoms with Crippen LogP contribution in [0, 0.1) is 0 Å². The van der Waals surface area contributed by atoms with E-state index in [9.17, 15) is 9.59 Å². The summed E-state index contributed by atoms with van der Waals surface area (Å²) >= 11 is 7.05. The van der Waals surface area contributed by atoms with Crippen LogP contribution in [0.5, 0.6) is 5.75 Å². The molecule has 1 atom stereocenters. The van der Waals surface area contributed by atoms with E-state index in [-0.39, 0.29) is 23.4 Å². The molecule has 29 heavy (non-hydrogen) atoms. The van der Waals surface area contributed by atoms with Crippen molar-refractivity contribution in [1.29, 1.82) is 0 Å². The maximum atomic E-state index is 12.6. The molecule has 0 aromatic heterocycles. The number of anilines is 1. The number of nitrogens with zero attached hydrogens (tertiary/aromatic N) is 2. The number of nitrogens with one attached hydrogen (secondary N) is 2. The third kappa shape index (κ3) is 5.82. The molecule has 0 saturated carbocycles. The second kappa shape index (κ2) is 9.58. The summed E-state index contributed by atoms with van der Waals surface area (Å²) < 4.78 is 5.10. The molecule has 2 N–H and O–H groups in total. The van der Waals surface area contributed by atoms with Crippen LogP contribution in [0.4, 0.5) is 5.69 Å². The van der Waals surface area contributed by atoms with Crippen molar-refractivity contribution in [3.05, 3.63) is 59.1 Å². The van der Waals surface area contributed by atoms with Gasteiger partial charge in [-0.25, -0.2) is 0 Å². The SMILES string of the molecule is COc1ccc(NC(=O)C2CC(=O)N/C(=N\N=C(C)c3ccc(Cl)cc3)S2)cc1. The highest BCUT2D eigenvalue weighted by molar-refractivity contribution is 8.15. The summed E-state index contributed by atoms with van der Waals surface area (Å²) in [5.74, 6) is 0.135. The minimum atomic E-state index is -0.601. The van der Waals surface area contributed by atoms with Gasteiger partial charge in [0.05, 0.1) is 12.8 Å². The van der Waals surface area contributed by atoms with Gasteiger partial charge in [0.15, 0.2) is 5.17 Å². The second-order valence-corrected chi connectivity index (χ2v) is 7.80. The number of hydrogen-bond donors (Lipinski definition) is 2. The van der Waals surface area contributed by atoms with E-state index in [2.05, 4.69) is 20.8 Å². The molecule has 1 saturated heterocycles. The highest BCUT2D eigenvalue weighted by Crippen LogP contribution is 2.23. The lowest BCUT2D eigenvalue weighted by molar-refractivity contribution is -0.123. The summed E-state index contributed by atoms with van der Waals surface area (Å²) in [4.78, 5) is 24.6. The van der Waals surface area contributed by atoms with Crippen LogP contribution >= 0.6 is 23.4 Å². The summed E-state index contributed by atoms with van der Waals surface area (Å²) in [6, 6.07) is 14.2. The third-order valence-corrected chi connectivity index (χ3v) is 5.40. The van der Waals surface area contributed by atoms with Gasteiger partial charge >= 0.3 is 0 Å². The number of hydrogen-bond acceptors (Lipinski definition) is 6. The van der Waals surface area contributed by atoms with Gasteiger partial charge in [0.1, 0.15) is 11.0 Å². The minimum absolute atomic E-state index is 0.0611. The van der Waals surface area contributed by atoms with E-state index in [1.54, 1.807) is 50.4 Å². The molecule has 7 nitrogen and oxygen atoms in total. The van der Waals surface area contributed by atoms with Crippen LogP contribution in [-0.4, -0.2) is 35.1 Å². The standard InChI is InChI=1S/C20H19ClN4O3S/c1-12(13-3-5-14(21)6-4-13)24-25-20-23-18(26)11-17(29-20)19(27)22-15-7-9-16(28-2)10-8-15/h3-10,17H,11H2,1-2H3,(H,22,27)(H,23,25,26). The number of amidine groups is 1. The predicted molar refractivity (Wildman–Crippen MR) is 117 cm³/mol. The first-order chi connectivity index (χ1) is 13.9. The van der Waals surface area contributed by atoms with Gasteiger partial charge in [-0.15, -0.1) is 5.10 Å². The van der Waals surface area contributed by atoms with Gasteiger partial charge in [-0.3, -0.25) is 9.59 Å². The number of thioether (sulfide) groups is 1. The van der Waals surface area contributed by atoms with Crippen LogP contribution < -0.4 is 15.4 Å². The van der Waals surface area contributed by atoms with Crippen LogP contribution in [-0.2, 0) is 9.59 Å². The molecule has 3 rings (SSSR count). The molecule has 1 unspecified atom stereocenters. The van der Waals surface area contributed by atoms with E-state index < -0.39 is 5.25 Å². The molecule has 2 aromatic carbocycles. The Kier molecular flexibility index (Phi) is 6.90. The van der Waals surface area contributed by atoms with Crippen molar-refractivity contribution < 1.29 is 14.3 Å². The molecular weight excluding hydrogens is 412 g/mol. The Balaban J connectivity index is 1.67. The summed E-state index contributed by atoms with van der Waals surface area (Å²) in [5, 5.41) is 14.0. The van der Waals surface area contributed by atoms with E-state index in [1.807, 2.05) is 12.1 Å². The minimum Gasteiger partial charge on any atom is -0.497 e. The zero-order valence-corrected chi connectivity index (χ0v) is 17.4. The molecule has 2 amide bonds. The smallest absolute Gasteiger partial charge is 0.238 e. The number of halogens is 1. The van der Waals surface area contributed by atoms with Gasteiger partial charge < -0.3 is 15.4 Å². The molecular formula is C20H19ClN4O3S. The molecule has 0 aliphatic carbocycles. The summed E-state index contributed by atoms with van der Waals surface area (Å²) in [7, 11) is 1.57. The Morgan fingerprint density at radius 2 is 1.90 bits per heavy atom. The average molecular weight is 431 g/mol. The lowest BCUT2D eigenvalue weighted by atomic mass is 10.1. The average Bonchev–Trinajstić information content (AvgIpc) is 2.72. The highest BCUT2D eigenvalue weighted by Gasteiger charge is 2.30. The van der Waals surface area contributed by atoms with Gasteiger partial charge in [-0.2, -0.15) is 5.10 Å². The predicted octanol–water partition coefficient (Wildman–Crippen LogP) is 3.69. The molecule has 0 spiro atoms. The number of benzene rings is 2. The number of amides is 2. The van der Waals surface area contributed by atoms with Gasteiger partial charge in [-0.05, 0) is 48.9 Å². The fourth-order valence-electron chi connectivity index (χ4n) is 2.51. The number of rotatable bonds is 5. The van der Waals surface area contributed by atoms with Crippen molar-refractivity contribution in [2.75, 3.05) is 12.4 Å². The van der Waals surface area contributed by atoms with Gasteiger partial charge in [0.2, 0.25) is 11.8 Å². The first kappa shape index (κ1) is 20.9. The van der Waals surface area contributed by atoms with Crippen LogP contribution in [0.3, 0.4) is 0 Å². The lowest BCUT2D eigenvalue weighted by Crippen LogP contribution is -2.41. The topological polar surface area (TPSA) is 92.1 Å². The first-order valence-corrected chi connectivity index (χ1v) is 10.00. The van der Waals surface area contributed by atoms with Crippen LogP contribution in [0.25, 0.3) is 0 Å². The summed E-state index contributed by atoms with van der Waals surface area (Å²) in [5.41, 5.74) is 2.14. The van der Waals surface area contributed by atoms with Gasteiger partial charge in [-0.1, -0.05) is 35.5 Å². The van der Waals surface area contributed by atoms with E-state index in [0.717, 1.165) is 17.3 Å². The summed E-state index contributed by atoms with van der Waals surface area (Å²) in [6.45, 7) is 1.80. The zero-order chi connectivity index (χ0) is 20.8. The lowest BCUT2D eigenvalue weighted by Gasteiger charge is -2.21. The van der Waals surface area contributed by atoms with E-state index in [0.29, 0.717) is 22.2 Å². The zero-order valence-electron chi connectivity index (χ0n) is 15.8. The van der Waals surface area contributed by atoms with E-state index >= 15 is 0 Å². The molecule has 1 aliphatic rings. The van der Waals surface area contributed by atoms with Crippen molar-refractivity contribution in [2.24, 2.45) is 10.2 Å². The van der Waals surface area contributed by atoms with Crippen LogP contribution in [0.15, 0.2) is 58.7 Å². The Morgan fingerprint density at radius 1 is 1.21 bits per heavy atom. The van der Waals surface area contributed by atoms with Gasteiger partial charge in [0, 0.05) is 17.1 Å². The normalized spacial score (nSPS) is 18.3. The molecule has 150 valence electrons. The van der Waals surface area contributed by atoms with E-state index in [1.165, 1.54) is 0 Å². The highest BCUT2D eigenvalue weighted by atomic mass is 35.5. The Bertz CT molecular complexity index is 959. The quantitative estimate of drug-likeness (QED) is 0.559. The molecule has 1 heterocycles. The maximum Gasteiger partial charge on any atom is 0.238 e. The maximum absolute atomic E-state index is 12.6. The fourth-order valence-corrected chi connectivity index (χ4v) is 3.56. The van der Waals surface area contributed by atoms with Gasteiger partial charge in [0.25, 0.3) is 0 Å². The molecule has 1 aliphatic heterocycles. The van der Waals surface area contributed by atoms with Crippen molar-refractivity contribution in [3.63, 3.8) is 0 Å². The fraction of sp³-hybridized carbons (Fsp3) is 0.200. The first-order valence-electron chi connectivity index (χ1n) is 8.74. The molecule has 9 heteroatoms. The Labute approximate surface area is 177 Å². The molecule has 0 radical (unpaired) electrons. The third-order valence-electron chi connectivity index (χ3n) is 4.07. The Hall–Kier alpha value is -2.84. The van der Waals surface area contributed by atoms with Crippen molar-refractivity contribution >= 4 is 51.7 Å². The number of ether oxygens (including phenoxy) is 1.